The molecule has 0 radical (unpaired) electrons. The molecule has 0 aliphatic heterocycles. The van der Waals surface area contributed by atoms with Gasteiger partial charge < -0.3 is 20.1 Å². The maximum Gasteiger partial charge on any atom is 0.339 e. The Kier molecular flexibility index (Phi) is 13.1. The molecule has 238 valence electrons. The lowest BCUT2D eigenvalue weighted by molar-refractivity contribution is 0.0592. The van der Waals surface area contributed by atoms with Gasteiger partial charge in [-0.2, -0.15) is 0 Å². The molecule has 47 heavy (non-hydrogen) atoms. The van der Waals surface area contributed by atoms with Crippen LogP contribution < -0.4 is 10.6 Å². The van der Waals surface area contributed by atoms with E-state index in [4.69, 9.17) is 9.47 Å². The minimum absolute atomic E-state index is 0.266. The Labute approximate surface area is 291 Å². The second-order valence-corrected chi connectivity index (χ2v) is 12.1. The molecule has 0 aliphatic rings. The highest BCUT2D eigenvalue weighted by molar-refractivity contribution is 14.1. The first-order valence-corrected chi connectivity index (χ1v) is 16.3. The van der Waals surface area contributed by atoms with Gasteiger partial charge in [-0.05, 0) is 88.8 Å². The molecule has 0 fully saturated rings. The average Bonchev–Trinajstić information content (AvgIpc) is 3.11. The average molecular weight is 759 g/mol. The number of hydrogen-bond acceptors (Lipinski definition) is 7. The minimum atomic E-state index is -0.488. The third kappa shape index (κ3) is 10.3. The Morgan fingerprint density at radius 1 is 0.596 bits per heavy atom. The van der Waals surface area contributed by atoms with E-state index >= 15 is 0 Å². The molecule has 8 nitrogen and oxygen atoms in total. The van der Waals surface area contributed by atoms with Crippen LogP contribution in [0.15, 0.2) is 132 Å². The van der Waals surface area contributed by atoms with Crippen LogP contribution in [0.1, 0.15) is 47.0 Å². The SMILES string of the molecule is COC(=O)c1ccc(I)cc1NC(=O)c1ccccc1.COC(=O)c1ccc(SCc2ccccc2)cc1NC(=O)c1ccccc1. The Hall–Kier alpha value is -4.94. The molecule has 0 unspecified atom stereocenters. The first-order chi connectivity index (χ1) is 22.8. The van der Waals surface area contributed by atoms with Crippen molar-refractivity contribution in [2.45, 2.75) is 10.6 Å². The van der Waals surface area contributed by atoms with Gasteiger partial charge in [0.15, 0.2) is 0 Å². The van der Waals surface area contributed by atoms with Crippen LogP contribution in [0.4, 0.5) is 11.4 Å². The molecule has 2 amide bonds. The van der Waals surface area contributed by atoms with Crippen LogP contribution in [0.25, 0.3) is 0 Å². The molecule has 2 N–H and O–H groups in total. The molecule has 0 atom stereocenters. The van der Waals surface area contributed by atoms with Gasteiger partial charge in [-0.25, -0.2) is 9.59 Å². The zero-order valence-electron chi connectivity index (χ0n) is 25.6. The third-order valence-electron chi connectivity index (χ3n) is 6.60. The molecule has 0 heterocycles. The van der Waals surface area contributed by atoms with Crippen LogP contribution in [0.3, 0.4) is 0 Å². The normalized spacial score (nSPS) is 10.1. The summed E-state index contributed by atoms with van der Waals surface area (Å²) in [7, 11) is 2.63. The van der Waals surface area contributed by atoms with E-state index in [1.165, 1.54) is 19.8 Å². The largest absolute Gasteiger partial charge is 0.465 e. The second kappa shape index (κ2) is 17.7. The van der Waals surface area contributed by atoms with Gasteiger partial charge in [0, 0.05) is 25.3 Å². The van der Waals surface area contributed by atoms with Gasteiger partial charge in [0.25, 0.3) is 11.8 Å². The van der Waals surface area contributed by atoms with Crippen molar-refractivity contribution >= 4 is 69.5 Å². The quantitative estimate of drug-likeness (QED) is 0.0884. The lowest BCUT2D eigenvalue weighted by Crippen LogP contribution is -2.15. The summed E-state index contributed by atoms with van der Waals surface area (Å²) in [6.45, 7) is 0. The van der Waals surface area contributed by atoms with E-state index in [1.54, 1.807) is 90.6 Å². The van der Waals surface area contributed by atoms with Gasteiger partial charge in [-0.3, -0.25) is 9.59 Å². The standard InChI is InChI=1S/C22H19NO3S.C15H12INO3/c1-26-22(25)19-13-12-18(27-15-16-8-4-2-5-9-16)14-20(19)23-21(24)17-10-6-3-7-11-17;1-20-15(19)12-8-7-11(16)9-13(12)17-14(18)10-5-3-2-4-6-10/h2-14H,15H2,1H3,(H,23,24);2-9H,1H3,(H,17,18). The number of rotatable bonds is 9. The molecule has 5 aromatic carbocycles. The molecular formula is C37H31IN2O6S. The summed E-state index contributed by atoms with van der Waals surface area (Å²) in [6.07, 6.45) is 0. The van der Waals surface area contributed by atoms with Crippen LogP contribution in [0.5, 0.6) is 0 Å². The fourth-order valence-electron chi connectivity index (χ4n) is 4.22. The van der Waals surface area contributed by atoms with Crippen LogP contribution in [-0.4, -0.2) is 38.0 Å². The summed E-state index contributed by atoms with van der Waals surface area (Å²) >= 11 is 3.75. The topological polar surface area (TPSA) is 111 Å². The highest BCUT2D eigenvalue weighted by atomic mass is 127. The molecule has 0 saturated carbocycles. The molecular weight excluding hydrogens is 727 g/mol. The molecule has 0 aromatic heterocycles. The number of halogens is 1. The zero-order chi connectivity index (χ0) is 33.6. The van der Waals surface area contributed by atoms with E-state index in [-0.39, 0.29) is 11.8 Å². The van der Waals surface area contributed by atoms with E-state index in [0.29, 0.717) is 33.6 Å². The monoisotopic (exact) mass is 758 g/mol. The Balaban J connectivity index is 0.000000223. The summed E-state index contributed by atoms with van der Waals surface area (Å²) in [5, 5.41) is 5.57. The van der Waals surface area contributed by atoms with Gasteiger partial charge in [0.05, 0.1) is 36.7 Å². The fraction of sp³-hybridized carbons (Fsp3) is 0.0811. The number of carbonyl (C=O) groups excluding carboxylic acids is 4. The molecule has 0 spiro atoms. The first kappa shape index (κ1) is 34.9. The Bertz CT molecular complexity index is 1840. The van der Waals surface area contributed by atoms with Gasteiger partial charge in [0.2, 0.25) is 0 Å². The van der Waals surface area contributed by atoms with Gasteiger partial charge in [-0.1, -0.05) is 66.7 Å². The summed E-state index contributed by atoms with van der Waals surface area (Å²) < 4.78 is 10.5. The van der Waals surface area contributed by atoms with Gasteiger partial charge in [-0.15, -0.1) is 11.8 Å². The number of nitrogens with one attached hydrogen (secondary N) is 2. The lowest BCUT2D eigenvalue weighted by atomic mass is 10.1. The summed E-state index contributed by atoms with van der Waals surface area (Å²) in [5.74, 6) is -0.712. The number of ether oxygens (including phenoxy) is 2. The van der Waals surface area contributed by atoms with Crippen LogP contribution in [-0.2, 0) is 15.2 Å². The van der Waals surface area contributed by atoms with Crippen LogP contribution in [0, 0.1) is 3.57 Å². The predicted octanol–water partition coefficient (Wildman–Crippen LogP) is 8.35. The number of methoxy groups -OCH3 is 2. The summed E-state index contributed by atoms with van der Waals surface area (Å²) in [5.41, 5.74) is 3.79. The number of benzene rings is 5. The van der Waals surface area contributed by atoms with Crippen molar-refractivity contribution in [1.82, 2.24) is 0 Å². The van der Waals surface area contributed by atoms with Crippen molar-refractivity contribution in [2.24, 2.45) is 0 Å². The van der Waals surface area contributed by atoms with E-state index in [2.05, 4.69) is 45.4 Å². The molecule has 5 rings (SSSR count). The van der Waals surface area contributed by atoms with E-state index in [0.717, 1.165) is 14.2 Å². The fourth-order valence-corrected chi connectivity index (χ4v) is 5.60. The Morgan fingerprint density at radius 2 is 1.04 bits per heavy atom. The lowest BCUT2D eigenvalue weighted by Gasteiger charge is -2.12. The number of carbonyl (C=O) groups is 4. The maximum atomic E-state index is 12.5. The molecule has 5 aromatic rings. The van der Waals surface area contributed by atoms with Gasteiger partial charge in [0.1, 0.15) is 0 Å². The van der Waals surface area contributed by atoms with E-state index < -0.39 is 11.9 Å². The highest BCUT2D eigenvalue weighted by Gasteiger charge is 2.17. The number of anilines is 2. The molecule has 0 saturated heterocycles. The number of hydrogen-bond donors (Lipinski definition) is 2. The number of thioether (sulfide) groups is 1. The molecule has 10 heteroatoms. The highest BCUT2D eigenvalue weighted by Crippen LogP contribution is 2.29. The second-order valence-electron chi connectivity index (χ2n) is 9.80. The first-order valence-electron chi connectivity index (χ1n) is 14.3. The van der Waals surface area contributed by atoms with Crippen LogP contribution in [0.2, 0.25) is 0 Å². The third-order valence-corrected chi connectivity index (χ3v) is 8.34. The van der Waals surface area contributed by atoms with Gasteiger partial charge >= 0.3 is 11.9 Å². The van der Waals surface area contributed by atoms with E-state index in [1.807, 2.05) is 36.4 Å². The zero-order valence-corrected chi connectivity index (χ0v) is 28.5. The van der Waals surface area contributed by atoms with Crippen molar-refractivity contribution in [1.29, 1.82) is 0 Å². The molecule has 0 bridgehead atoms. The van der Waals surface area contributed by atoms with Crippen molar-refractivity contribution in [2.75, 3.05) is 24.9 Å². The Morgan fingerprint density at radius 3 is 1.53 bits per heavy atom. The predicted molar refractivity (Wildman–Crippen MR) is 193 cm³/mol. The number of amides is 2. The summed E-state index contributed by atoms with van der Waals surface area (Å²) in [4.78, 5) is 49.3. The number of esters is 2. The van der Waals surface area contributed by atoms with Crippen LogP contribution >= 0.6 is 34.4 Å². The maximum absolute atomic E-state index is 12.5. The smallest absolute Gasteiger partial charge is 0.339 e. The summed E-state index contributed by atoms with van der Waals surface area (Å²) in [6, 6.07) is 38.3. The molecule has 0 aliphatic carbocycles. The van der Waals surface area contributed by atoms with E-state index in [9.17, 15) is 19.2 Å². The van der Waals surface area contributed by atoms with Crippen molar-refractivity contribution in [3.63, 3.8) is 0 Å². The van der Waals surface area contributed by atoms with Crippen molar-refractivity contribution < 1.29 is 28.7 Å². The van der Waals surface area contributed by atoms with Crippen molar-refractivity contribution in [3.05, 3.63) is 159 Å². The van der Waals surface area contributed by atoms with Crippen molar-refractivity contribution in [3.8, 4) is 0 Å². The minimum Gasteiger partial charge on any atom is -0.465 e.